The molecule has 0 fully saturated rings. The van der Waals surface area contributed by atoms with Crippen LogP contribution in [0.5, 0.6) is 0 Å². The zero-order valence-corrected chi connectivity index (χ0v) is 25.4. The molecule has 0 bridgehead atoms. The summed E-state index contributed by atoms with van der Waals surface area (Å²) in [5.41, 5.74) is 0.712. The van der Waals surface area contributed by atoms with Crippen LogP contribution in [0.4, 0.5) is 0 Å². The van der Waals surface area contributed by atoms with Gasteiger partial charge in [0.1, 0.15) is 4.21 Å². The number of ketones is 1. The van der Waals surface area contributed by atoms with Gasteiger partial charge in [0.2, 0.25) is 10.0 Å². The van der Waals surface area contributed by atoms with Gasteiger partial charge in [0.25, 0.3) is 5.91 Å². The fourth-order valence-corrected chi connectivity index (χ4v) is 8.56. The summed E-state index contributed by atoms with van der Waals surface area (Å²) >= 11 is 2.20. The molecule has 0 radical (unpaired) electrons. The van der Waals surface area contributed by atoms with E-state index in [0.29, 0.717) is 34.2 Å². The lowest BCUT2D eigenvalue weighted by atomic mass is 10.1. The maximum Gasteiger partial charge on any atom is 0.305 e. The van der Waals surface area contributed by atoms with Crippen LogP contribution in [-0.2, 0) is 35.2 Å². The second-order valence-corrected chi connectivity index (χ2v) is 16.7. The van der Waals surface area contributed by atoms with Crippen LogP contribution >= 0.6 is 44.7 Å². The van der Waals surface area contributed by atoms with E-state index >= 15 is 0 Å². The molecule has 1 amide bonds. The van der Waals surface area contributed by atoms with Gasteiger partial charge >= 0.3 is 5.97 Å². The van der Waals surface area contributed by atoms with Crippen molar-refractivity contribution in [3.05, 3.63) is 46.8 Å². The van der Waals surface area contributed by atoms with Crippen LogP contribution in [0.1, 0.15) is 28.6 Å². The molecule has 1 heterocycles. The molecular formula is C22H28N2O8S6. The lowest BCUT2D eigenvalue weighted by molar-refractivity contribution is -0.139. The molecule has 1 aromatic heterocycles. The predicted molar refractivity (Wildman–Crippen MR) is 154 cm³/mol. The minimum absolute atomic E-state index is 0.0142. The van der Waals surface area contributed by atoms with Gasteiger partial charge in [-0.3, -0.25) is 14.4 Å². The van der Waals surface area contributed by atoms with E-state index in [4.69, 9.17) is 5.11 Å². The Balaban J connectivity index is 1.86. The molecule has 0 unspecified atom stereocenters. The summed E-state index contributed by atoms with van der Waals surface area (Å²) in [6.07, 6.45) is 0.442. The van der Waals surface area contributed by atoms with Gasteiger partial charge in [-0.2, -0.15) is 11.8 Å². The van der Waals surface area contributed by atoms with E-state index in [1.807, 2.05) is 6.92 Å². The number of hydrogen-bond donors (Lipinski definition) is 3. The first-order chi connectivity index (χ1) is 17.8. The molecule has 0 aliphatic rings. The predicted octanol–water partition coefficient (Wildman–Crippen LogP) is 2.91. The van der Waals surface area contributed by atoms with Crippen molar-refractivity contribution in [2.45, 2.75) is 34.2 Å². The van der Waals surface area contributed by atoms with Crippen molar-refractivity contribution in [3.63, 3.8) is 0 Å². The van der Waals surface area contributed by atoms with Crippen molar-refractivity contribution < 1.29 is 36.3 Å². The van der Waals surface area contributed by atoms with Crippen LogP contribution in [0.3, 0.4) is 0 Å². The van der Waals surface area contributed by atoms with E-state index in [1.165, 1.54) is 57.6 Å². The number of benzene rings is 1. The summed E-state index contributed by atoms with van der Waals surface area (Å²) < 4.78 is 51.2. The fraction of sp³-hybridized carbons (Fsp3) is 0.409. The molecule has 0 saturated heterocycles. The number of hydrogen-bond acceptors (Lipinski definition) is 11. The number of amides is 1. The second-order valence-electron chi connectivity index (χ2n) is 7.75. The number of nitrogens with one attached hydrogen (secondary N) is 2. The van der Waals surface area contributed by atoms with Gasteiger partial charge < -0.3 is 10.4 Å². The minimum atomic E-state index is -4.12. The number of carboxylic acid groups (broad SMARTS) is 1. The quantitative estimate of drug-likeness (QED) is 0.172. The molecule has 2 rings (SSSR count). The Morgan fingerprint density at radius 1 is 1.08 bits per heavy atom. The smallest absolute Gasteiger partial charge is 0.305 e. The van der Waals surface area contributed by atoms with Crippen LogP contribution in [0.15, 0.2) is 45.5 Å². The highest BCUT2D eigenvalue weighted by atomic mass is 33.1. The van der Waals surface area contributed by atoms with Gasteiger partial charge in [0.15, 0.2) is 15.6 Å². The third-order valence-electron chi connectivity index (χ3n) is 4.67. The number of carbonyl (C=O) groups is 3. The Bertz CT molecular complexity index is 1340. The highest BCUT2D eigenvalue weighted by Crippen LogP contribution is 2.27. The number of rotatable bonds is 17. The second kappa shape index (κ2) is 15.3. The first-order valence-corrected chi connectivity index (χ1v) is 18.9. The van der Waals surface area contributed by atoms with Crippen LogP contribution < -0.4 is 10.0 Å². The third-order valence-corrected chi connectivity index (χ3v) is 12.3. The number of thiophene rings is 1. The van der Waals surface area contributed by atoms with E-state index in [0.717, 1.165) is 17.6 Å². The van der Waals surface area contributed by atoms with Crippen LogP contribution in [0.2, 0.25) is 0 Å². The summed E-state index contributed by atoms with van der Waals surface area (Å²) in [4.78, 5) is 35.9. The molecule has 0 aliphatic carbocycles. The highest BCUT2D eigenvalue weighted by Gasteiger charge is 2.27. The number of sulfonamides is 1. The summed E-state index contributed by atoms with van der Waals surface area (Å²) in [5.74, 6) is -0.435. The molecule has 16 heteroatoms. The Morgan fingerprint density at radius 3 is 2.45 bits per heavy atom. The number of sulfone groups is 1. The number of carbonyl (C=O) groups excluding carboxylic acids is 2. The summed E-state index contributed by atoms with van der Waals surface area (Å²) in [6.45, 7) is 2.20. The average Bonchev–Trinajstić information content (AvgIpc) is 3.35. The van der Waals surface area contributed by atoms with Crippen LogP contribution in [0.25, 0.3) is 0 Å². The maximum atomic E-state index is 12.9. The Morgan fingerprint density at radius 2 is 1.82 bits per heavy atom. The monoisotopic (exact) mass is 640 g/mol. The first kappa shape index (κ1) is 32.7. The van der Waals surface area contributed by atoms with Gasteiger partial charge in [-0.05, 0) is 35.6 Å². The molecule has 1 atom stereocenters. The van der Waals surface area contributed by atoms with Gasteiger partial charge in [0.05, 0.1) is 28.0 Å². The molecule has 3 N–H and O–H groups in total. The third kappa shape index (κ3) is 10.9. The molecular weight excluding hydrogens is 613 g/mol. The molecule has 38 heavy (non-hydrogen) atoms. The molecule has 2 aromatic rings. The SMILES string of the molecule is CCSCC(=O)[C@H](CC(=O)O)NS(=O)(=O)c1cccc(CSSCCNC(=O)c2ccc(S(C)(=O)=O)s2)c1. The minimum Gasteiger partial charge on any atom is -0.481 e. The lowest BCUT2D eigenvalue weighted by Crippen LogP contribution is -2.43. The lowest BCUT2D eigenvalue weighted by Gasteiger charge is -2.16. The number of thioether (sulfide) groups is 1. The van der Waals surface area contributed by atoms with Gasteiger partial charge in [0, 0.05) is 24.3 Å². The Hall–Kier alpha value is -1.56. The van der Waals surface area contributed by atoms with E-state index < -0.39 is 44.1 Å². The normalized spacial score (nSPS) is 12.7. The molecule has 1 aromatic carbocycles. The summed E-state index contributed by atoms with van der Waals surface area (Å²) in [5, 5.41) is 11.8. The van der Waals surface area contributed by atoms with Crippen LogP contribution in [-0.4, -0.2) is 75.7 Å². The van der Waals surface area contributed by atoms with Crippen molar-refractivity contribution in [1.29, 1.82) is 0 Å². The van der Waals surface area contributed by atoms with Crippen molar-refractivity contribution in [3.8, 4) is 0 Å². The fourth-order valence-electron chi connectivity index (χ4n) is 2.86. The summed E-state index contributed by atoms with van der Waals surface area (Å²) in [7, 11) is -4.55. The van der Waals surface area contributed by atoms with Gasteiger partial charge in [-0.15, -0.1) is 11.3 Å². The molecule has 210 valence electrons. The topological polar surface area (TPSA) is 164 Å². The van der Waals surface area contributed by atoms with E-state index in [-0.39, 0.29) is 20.8 Å². The van der Waals surface area contributed by atoms with Crippen molar-refractivity contribution >= 4 is 82.2 Å². The van der Waals surface area contributed by atoms with E-state index in [1.54, 1.807) is 12.1 Å². The Kier molecular flexibility index (Phi) is 13.1. The Labute approximate surface area is 238 Å². The zero-order chi connectivity index (χ0) is 28.3. The van der Waals surface area contributed by atoms with E-state index in [9.17, 15) is 31.2 Å². The number of Topliss-reactive ketones (excluding diaryl/α,β-unsaturated/α-hetero) is 1. The average molecular weight is 641 g/mol. The molecule has 0 spiro atoms. The number of aliphatic carboxylic acids is 1. The molecule has 0 saturated carbocycles. The molecule has 10 nitrogen and oxygen atoms in total. The summed E-state index contributed by atoms with van der Waals surface area (Å²) in [6, 6.07) is 7.69. The maximum absolute atomic E-state index is 12.9. The van der Waals surface area contributed by atoms with E-state index in [2.05, 4.69) is 10.0 Å². The molecule has 0 aliphatic heterocycles. The first-order valence-electron chi connectivity index (χ1n) is 11.1. The standard InChI is InChI=1S/C22H28N2O8S6/c1-3-33-14-18(25)17(12-20(26)27)24-38(31,32)16-6-4-5-15(11-16)13-35-34-10-9-23-22(28)19-7-8-21(36-19)37(2,29)30/h4-8,11,17,24H,3,9-10,12-14H2,1-2H3,(H,23,28)(H,26,27)/t17-/m0/s1. The van der Waals surface area contributed by atoms with Crippen molar-refractivity contribution in [2.24, 2.45) is 0 Å². The van der Waals surface area contributed by atoms with Gasteiger partial charge in [-0.25, -0.2) is 21.6 Å². The van der Waals surface area contributed by atoms with Crippen molar-refractivity contribution in [2.75, 3.05) is 30.1 Å². The number of carboxylic acids is 1. The largest absolute Gasteiger partial charge is 0.481 e. The van der Waals surface area contributed by atoms with Gasteiger partial charge in [-0.1, -0.05) is 40.6 Å². The zero-order valence-electron chi connectivity index (χ0n) is 20.5. The van der Waals surface area contributed by atoms with Crippen LogP contribution in [0, 0.1) is 0 Å². The van der Waals surface area contributed by atoms with Crippen molar-refractivity contribution in [1.82, 2.24) is 10.0 Å². The highest BCUT2D eigenvalue weighted by molar-refractivity contribution is 8.76.